The van der Waals surface area contributed by atoms with Crippen molar-refractivity contribution in [3.63, 3.8) is 0 Å². The molecule has 0 aliphatic rings. The average molecular weight is 315 g/mol. The SMILES string of the molecule is Cc1nnc(Oc2c(Cl)ccc([CH]CC(N)=O)c2F)s1. The summed E-state index contributed by atoms with van der Waals surface area (Å²) in [6.45, 7) is 1.75. The van der Waals surface area contributed by atoms with Crippen LogP contribution in [0.3, 0.4) is 0 Å². The van der Waals surface area contributed by atoms with Crippen LogP contribution in [0.25, 0.3) is 0 Å². The second-order valence-corrected chi connectivity index (χ2v) is 5.39. The number of benzene rings is 1. The molecule has 1 aromatic heterocycles. The molecule has 20 heavy (non-hydrogen) atoms. The first-order valence-electron chi connectivity index (χ1n) is 5.55. The molecule has 0 aliphatic carbocycles. The van der Waals surface area contributed by atoms with Gasteiger partial charge in [-0.2, -0.15) is 0 Å². The van der Waals surface area contributed by atoms with Crippen molar-refractivity contribution < 1.29 is 13.9 Å². The van der Waals surface area contributed by atoms with Crippen molar-refractivity contribution in [2.75, 3.05) is 0 Å². The Morgan fingerprint density at radius 1 is 1.55 bits per heavy atom. The Balaban J connectivity index is 2.27. The molecule has 2 N–H and O–H groups in total. The maximum Gasteiger partial charge on any atom is 0.299 e. The third kappa shape index (κ3) is 3.43. The lowest BCUT2D eigenvalue weighted by Gasteiger charge is -2.09. The molecule has 2 rings (SSSR count). The fraction of sp³-hybridized carbons (Fsp3) is 0.167. The Bertz CT molecular complexity index is 648. The highest BCUT2D eigenvalue weighted by Gasteiger charge is 2.17. The minimum Gasteiger partial charge on any atom is -0.425 e. The van der Waals surface area contributed by atoms with Crippen molar-refractivity contribution in [2.45, 2.75) is 13.3 Å². The molecule has 1 heterocycles. The van der Waals surface area contributed by atoms with Gasteiger partial charge in [0.1, 0.15) is 5.01 Å². The number of carbonyl (C=O) groups is 1. The Kier molecular flexibility index (Phi) is 4.51. The van der Waals surface area contributed by atoms with Crippen LogP contribution < -0.4 is 10.5 Å². The first-order valence-corrected chi connectivity index (χ1v) is 6.74. The standard InChI is InChI=1S/C12H10ClFN3O2S/c1-6-16-17-12(20-6)19-11-8(13)4-2-7(10(11)14)3-5-9(15)18/h2-4H,5H2,1H3,(H2,15,18). The van der Waals surface area contributed by atoms with Crippen LogP contribution in [-0.4, -0.2) is 16.1 Å². The molecule has 0 fully saturated rings. The summed E-state index contributed by atoms with van der Waals surface area (Å²) < 4.78 is 19.5. The number of aromatic nitrogens is 2. The smallest absolute Gasteiger partial charge is 0.299 e. The zero-order valence-corrected chi connectivity index (χ0v) is 12.0. The van der Waals surface area contributed by atoms with E-state index in [1.165, 1.54) is 29.9 Å². The van der Waals surface area contributed by atoms with Crippen molar-refractivity contribution in [2.24, 2.45) is 5.73 Å². The first-order chi connectivity index (χ1) is 9.47. The molecule has 0 bridgehead atoms. The second-order valence-electron chi connectivity index (χ2n) is 3.84. The molecular weight excluding hydrogens is 305 g/mol. The molecule has 1 aromatic carbocycles. The number of hydrogen-bond acceptors (Lipinski definition) is 5. The predicted molar refractivity (Wildman–Crippen MR) is 73.3 cm³/mol. The van der Waals surface area contributed by atoms with Gasteiger partial charge >= 0.3 is 0 Å². The Hall–Kier alpha value is -1.73. The number of rotatable bonds is 5. The molecule has 0 atom stereocenters. The van der Waals surface area contributed by atoms with Gasteiger partial charge in [0.2, 0.25) is 5.91 Å². The van der Waals surface area contributed by atoms with Gasteiger partial charge in [-0.25, -0.2) is 4.39 Å². The van der Waals surface area contributed by atoms with Gasteiger partial charge in [0.25, 0.3) is 5.19 Å². The van der Waals surface area contributed by atoms with Crippen LogP contribution in [0.2, 0.25) is 5.02 Å². The third-order valence-corrected chi connectivity index (χ3v) is 3.31. The summed E-state index contributed by atoms with van der Waals surface area (Å²) in [4.78, 5) is 10.7. The maximum absolute atomic E-state index is 14.2. The fourth-order valence-electron chi connectivity index (χ4n) is 1.42. The van der Waals surface area contributed by atoms with Gasteiger partial charge in [-0.15, -0.1) is 5.10 Å². The number of primary amides is 1. The van der Waals surface area contributed by atoms with Gasteiger partial charge in [-0.1, -0.05) is 34.1 Å². The van der Waals surface area contributed by atoms with Crippen molar-refractivity contribution >= 4 is 28.8 Å². The normalized spacial score (nSPS) is 10.6. The minimum absolute atomic E-state index is 0.0735. The van der Waals surface area contributed by atoms with E-state index in [-0.39, 0.29) is 28.0 Å². The summed E-state index contributed by atoms with van der Waals surface area (Å²) in [5.74, 6) is -1.38. The highest BCUT2D eigenvalue weighted by atomic mass is 35.5. The van der Waals surface area contributed by atoms with E-state index in [4.69, 9.17) is 22.1 Å². The molecule has 5 nitrogen and oxygen atoms in total. The number of nitrogens with zero attached hydrogens (tertiary/aromatic N) is 2. The lowest BCUT2D eigenvalue weighted by molar-refractivity contribution is -0.117. The molecule has 1 amide bonds. The minimum atomic E-state index is -0.674. The van der Waals surface area contributed by atoms with Gasteiger partial charge < -0.3 is 10.5 Å². The van der Waals surface area contributed by atoms with Gasteiger partial charge in [-0.05, 0) is 18.6 Å². The van der Waals surface area contributed by atoms with E-state index in [1.54, 1.807) is 6.92 Å². The zero-order valence-electron chi connectivity index (χ0n) is 10.4. The molecule has 0 saturated heterocycles. The van der Waals surface area contributed by atoms with Gasteiger partial charge in [-0.3, -0.25) is 4.79 Å². The molecular formula is C12H10ClFN3O2S. The molecule has 8 heteroatoms. The van der Waals surface area contributed by atoms with Crippen LogP contribution in [0.1, 0.15) is 17.0 Å². The number of carbonyl (C=O) groups excluding carboxylic acids is 1. The fourth-order valence-corrected chi connectivity index (χ4v) is 2.14. The molecule has 0 aliphatic heterocycles. The summed E-state index contributed by atoms with van der Waals surface area (Å²) in [5, 5.41) is 8.48. The summed E-state index contributed by atoms with van der Waals surface area (Å²) in [6, 6.07) is 2.92. The monoisotopic (exact) mass is 314 g/mol. The molecule has 1 radical (unpaired) electrons. The quantitative estimate of drug-likeness (QED) is 0.920. The van der Waals surface area contributed by atoms with E-state index >= 15 is 0 Å². The summed E-state index contributed by atoms with van der Waals surface area (Å²) in [5.41, 5.74) is 5.20. The number of hydrogen-bond donors (Lipinski definition) is 1. The Morgan fingerprint density at radius 3 is 2.90 bits per heavy atom. The van der Waals surface area contributed by atoms with Crippen LogP contribution in [0.4, 0.5) is 4.39 Å². The van der Waals surface area contributed by atoms with Crippen LogP contribution >= 0.6 is 22.9 Å². The van der Waals surface area contributed by atoms with Gasteiger partial charge in [0.05, 0.1) is 5.02 Å². The van der Waals surface area contributed by atoms with E-state index in [2.05, 4.69) is 10.2 Å². The van der Waals surface area contributed by atoms with Crippen molar-refractivity contribution in [3.8, 4) is 10.9 Å². The van der Waals surface area contributed by atoms with Crippen molar-refractivity contribution in [1.82, 2.24) is 10.2 Å². The number of halogens is 2. The molecule has 105 valence electrons. The highest BCUT2D eigenvalue weighted by Crippen LogP contribution is 2.35. The van der Waals surface area contributed by atoms with E-state index < -0.39 is 11.7 Å². The third-order valence-electron chi connectivity index (χ3n) is 2.30. The first kappa shape index (κ1) is 14.7. The van der Waals surface area contributed by atoms with E-state index in [0.717, 1.165) is 0 Å². The van der Waals surface area contributed by atoms with Crippen molar-refractivity contribution in [1.29, 1.82) is 0 Å². The van der Waals surface area contributed by atoms with Crippen LogP contribution in [-0.2, 0) is 4.79 Å². The van der Waals surface area contributed by atoms with Gasteiger partial charge in [0.15, 0.2) is 11.6 Å². The molecule has 0 saturated carbocycles. The van der Waals surface area contributed by atoms with E-state index in [9.17, 15) is 9.18 Å². The topological polar surface area (TPSA) is 78.1 Å². The molecule has 2 aromatic rings. The average Bonchev–Trinajstić information content (AvgIpc) is 2.79. The highest BCUT2D eigenvalue weighted by molar-refractivity contribution is 7.13. The molecule has 0 unspecified atom stereocenters. The summed E-state index contributed by atoms with van der Waals surface area (Å²) in [6.07, 6.45) is 1.29. The predicted octanol–water partition coefficient (Wildman–Crippen LogP) is 2.86. The van der Waals surface area contributed by atoms with Gasteiger partial charge in [0, 0.05) is 12.8 Å². The number of nitrogens with two attached hydrogens (primary N) is 1. The molecule has 0 spiro atoms. The van der Waals surface area contributed by atoms with Crippen LogP contribution in [0.5, 0.6) is 10.9 Å². The van der Waals surface area contributed by atoms with Crippen LogP contribution in [0, 0.1) is 19.2 Å². The maximum atomic E-state index is 14.2. The number of aryl methyl sites for hydroxylation is 1. The zero-order chi connectivity index (χ0) is 14.7. The Labute approximate surface area is 123 Å². The van der Waals surface area contributed by atoms with Crippen molar-refractivity contribution in [3.05, 3.63) is 40.0 Å². The number of ether oxygens (including phenoxy) is 1. The second kappa shape index (κ2) is 6.15. The lowest BCUT2D eigenvalue weighted by Crippen LogP contribution is -2.10. The van der Waals surface area contributed by atoms with E-state index in [1.807, 2.05) is 0 Å². The summed E-state index contributed by atoms with van der Waals surface area (Å²) >= 11 is 7.08. The number of amides is 1. The summed E-state index contributed by atoms with van der Waals surface area (Å²) in [7, 11) is 0. The largest absolute Gasteiger partial charge is 0.425 e. The lowest BCUT2D eigenvalue weighted by atomic mass is 10.1. The van der Waals surface area contributed by atoms with E-state index in [0.29, 0.717) is 5.01 Å². The Morgan fingerprint density at radius 2 is 2.30 bits per heavy atom. The van der Waals surface area contributed by atoms with Crippen LogP contribution in [0.15, 0.2) is 12.1 Å².